The van der Waals surface area contributed by atoms with Crippen LogP contribution in [-0.4, -0.2) is 71.3 Å². The molecule has 10 heteroatoms. The van der Waals surface area contributed by atoms with Gasteiger partial charge in [0.05, 0.1) is 6.04 Å². The zero-order chi connectivity index (χ0) is 18.5. The molecule has 0 radical (unpaired) electrons. The SMILES string of the molecule is NCCC[C@H](N)C(=O)N(CCN)CC(CCCB(O)O)CC(=O)O. The zero-order valence-corrected chi connectivity index (χ0v) is 14.1. The number of amides is 1. The van der Waals surface area contributed by atoms with Gasteiger partial charge in [0.1, 0.15) is 0 Å². The van der Waals surface area contributed by atoms with E-state index in [4.69, 9.17) is 32.4 Å². The standard InChI is InChI=1S/C14H31BN4O5/c16-6-2-4-12(18)14(22)19(8-7-17)10-11(9-13(20)21)3-1-5-15(23)24/h11-12,23-24H,1-10,16-18H2,(H,20,21)/t11?,12-/m0/s1. The van der Waals surface area contributed by atoms with Crippen molar-refractivity contribution in [1.29, 1.82) is 0 Å². The van der Waals surface area contributed by atoms with Gasteiger partial charge in [-0.1, -0.05) is 6.42 Å². The van der Waals surface area contributed by atoms with E-state index in [1.165, 1.54) is 4.90 Å². The molecule has 0 aliphatic rings. The molecule has 0 aromatic carbocycles. The normalized spacial score (nSPS) is 13.4. The van der Waals surface area contributed by atoms with Crippen LogP contribution in [0.15, 0.2) is 0 Å². The summed E-state index contributed by atoms with van der Waals surface area (Å²) in [5.41, 5.74) is 16.8. The number of carbonyl (C=O) groups is 2. The Morgan fingerprint density at radius 1 is 1.08 bits per heavy atom. The number of carboxylic acids is 1. The van der Waals surface area contributed by atoms with E-state index in [0.29, 0.717) is 38.8 Å². The Morgan fingerprint density at radius 3 is 2.25 bits per heavy atom. The highest BCUT2D eigenvalue weighted by Gasteiger charge is 2.24. The van der Waals surface area contributed by atoms with E-state index in [2.05, 4.69) is 0 Å². The van der Waals surface area contributed by atoms with Crippen molar-refractivity contribution < 1.29 is 24.7 Å². The topological polar surface area (TPSA) is 176 Å². The fraction of sp³-hybridized carbons (Fsp3) is 0.857. The molecule has 140 valence electrons. The Kier molecular flexibility index (Phi) is 12.5. The molecule has 9 nitrogen and oxygen atoms in total. The largest absolute Gasteiger partial charge is 0.481 e. The van der Waals surface area contributed by atoms with Gasteiger partial charge < -0.3 is 37.3 Å². The molecular weight excluding hydrogens is 315 g/mol. The van der Waals surface area contributed by atoms with Gasteiger partial charge in [0.25, 0.3) is 0 Å². The Morgan fingerprint density at radius 2 is 1.75 bits per heavy atom. The van der Waals surface area contributed by atoms with E-state index in [9.17, 15) is 9.59 Å². The lowest BCUT2D eigenvalue weighted by Crippen LogP contribution is -2.47. The molecule has 0 saturated carbocycles. The predicted octanol–water partition coefficient (Wildman–Crippen LogP) is -1.82. The van der Waals surface area contributed by atoms with E-state index in [1.807, 2.05) is 0 Å². The molecule has 1 amide bonds. The second-order valence-electron chi connectivity index (χ2n) is 5.99. The summed E-state index contributed by atoms with van der Waals surface area (Å²) in [6.45, 7) is 1.24. The van der Waals surface area contributed by atoms with Crippen LogP contribution >= 0.6 is 0 Å². The molecule has 0 aromatic rings. The molecule has 0 heterocycles. The van der Waals surface area contributed by atoms with Gasteiger partial charge in [-0.25, -0.2) is 0 Å². The van der Waals surface area contributed by atoms with E-state index in [1.54, 1.807) is 0 Å². The van der Waals surface area contributed by atoms with Crippen molar-refractivity contribution in [3.8, 4) is 0 Å². The van der Waals surface area contributed by atoms with Gasteiger partial charge in [0.2, 0.25) is 5.91 Å². The van der Waals surface area contributed by atoms with Crippen LogP contribution < -0.4 is 17.2 Å². The monoisotopic (exact) mass is 346 g/mol. The van der Waals surface area contributed by atoms with Crippen molar-refractivity contribution in [3.63, 3.8) is 0 Å². The number of nitrogens with two attached hydrogens (primary N) is 3. The Labute approximate surface area is 143 Å². The summed E-state index contributed by atoms with van der Waals surface area (Å²) in [6, 6.07) is -0.676. The van der Waals surface area contributed by atoms with Gasteiger partial charge in [-0.2, -0.15) is 0 Å². The van der Waals surface area contributed by atoms with Crippen molar-refractivity contribution in [3.05, 3.63) is 0 Å². The molecule has 0 aromatic heterocycles. The molecule has 0 fully saturated rings. The van der Waals surface area contributed by atoms with E-state index in [-0.39, 0.29) is 37.7 Å². The molecule has 1 unspecified atom stereocenters. The van der Waals surface area contributed by atoms with Crippen molar-refractivity contribution in [2.45, 2.75) is 44.5 Å². The molecule has 0 aliphatic carbocycles. The number of carboxylic acid groups (broad SMARTS) is 1. The fourth-order valence-electron chi connectivity index (χ4n) is 2.55. The van der Waals surface area contributed by atoms with Crippen molar-refractivity contribution in [2.24, 2.45) is 23.1 Å². The second-order valence-corrected chi connectivity index (χ2v) is 5.99. The van der Waals surface area contributed by atoms with Gasteiger partial charge in [-0.15, -0.1) is 0 Å². The van der Waals surface area contributed by atoms with Crippen molar-refractivity contribution >= 4 is 19.0 Å². The smallest absolute Gasteiger partial charge is 0.451 e. The van der Waals surface area contributed by atoms with E-state index < -0.39 is 19.1 Å². The van der Waals surface area contributed by atoms with Gasteiger partial charge in [-0.3, -0.25) is 9.59 Å². The minimum absolute atomic E-state index is 0.103. The summed E-state index contributed by atoms with van der Waals surface area (Å²) in [6.07, 6.45) is 2.09. The van der Waals surface area contributed by atoms with Crippen LogP contribution in [0.3, 0.4) is 0 Å². The minimum Gasteiger partial charge on any atom is -0.481 e. The fourth-order valence-corrected chi connectivity index (χ4v) is 2.55. The molecule has 2 atom stereocenters. The maximum Gasteiger partial charge on any atom is 0.451 e. The third kappa shape index (κ3) is 10.6. The number of aliphatic carboxylic acids is 1. The van der Waals surface area contributed by atoms with Gasteiger partial charge in [0.15, 0.2) is 0 Å². The number of nitrogens with zero attached hydrogens (tertiary/aromatic N) is 1. The molecule has 0 rings (SSSR count). The lowest BCUT2D eigenvalue weighted by atomic mass is 9.81. The lowest BCUT2D eigenvalue weighted by Gasteiger charge is -2.29. The van der Waals surface area contributed by atoms with Crippen LogP contribution in [0.2, 0.25) is 6.32 Å². The van der Waals surface area contributed by atoms with E-state index in [0.717, 1.165) is 0 Å². The molecule has 0 bridgehead atoms. The quantitative estimate of drug-likeness (QED) is 0.199. The maximum absolute atomic E-state index is 12.4. The Balaban J connectivity index is 4.76. The zero-order valence-electron chi connectivity index (χ0n) is 14.1. The summed E-state index contributed by atoms with van der Waals surface area (Å²) in [4.78, 5) is 24.9. The van der Waals surface area contributed by atoms with E-state index >= 15 is 0 Å². The Bertz CT molecular complexity index is 373. The van der Waals surface area contributed by atoms with Crippen LogP contribution in [0.25, 0.3) is 0 Å². The first kappa shape index (κ1) is 22.8. The molecule has 0 aliphatic heterocycles. The van der Waals surface area contributed by atoms with Crippen molar-refractivity contribution in [1.82, 2.24) is 4.90 Å². The second kappa shape index (κ2) is 13.1. The summed E-state index contributed by atoms with van der Waals surface area (Å²) >= 11 is 0. The first-order chi connectivity index (χ1) is 11.3. The molecule has 0 saturated heterocycles. The van der Waals surface area contributed by atoms with Crippen LogP contribution in [0.4, 0.5) is 0 Å². The summed E-state index contributed by atoms with van der Waals surface area (Å²) < 4.78 is 0. The summed E-state index contributed by atoms with van der Waals surface area (Å²) in [5, 5.41) is 26.8. The molecular formula is C14H31BN4O5. The molecule has 0 spiro atoms. The molecule has 24 heavy (non-hydrogen) atoms. The van der Waals surface area contributed by atoms with Gasteiger partial charge >= 0.3 is 13.1 Å². The molecule has 9 N–H and O–H groups in total. The average molecular weight is 346 g/mol. The van der Waals surface area contributed by atoms with Crippen LogP contribution in [0.5, 0.6) is 0 Å². The maximum atomic E-state index is 12.4. The number of rotatable bonds is 14. The number of hydrogen-bond acceptors (Lipinski definition) is 7. The van der Waals surface area contributed by atoms with Crippen LogP contribution in [0.1, 0.15) is 32.1 Å². The third-order valence-electron chi connectivity index (χ3n) is 3.76. The highest BCUT2D eigenvalue weighted by atomic mass is 16.4. The van der Waals surface area contributed by atoms with Gasteiger partial charge in [0, 0.05) is 26.1 Å². The number of carbonyl (C=O) groups excluding carboxylic acids is 1. The van der Waals surface area contributed by atoms with Crippen molar-refractivity contribution in [2.75, 3.05) is 26.2 Å². The van der Waals surface area contributed by atoms with Gasteiger partial charge in [-0.05, 0) is 38.0 Å². The summed E-state index contributed by atoms with van der Waals surface area (Å²) in [7, 11) is -1.41. The van der Waals surface area contributed by atoms with Crippen LogP contribution in [0, 0.1) is 5.92 Å². The highest BCUT2D eigenvalue weighted by Crippen LogP contribution is 2.16. The highest BCUT2D eigenvalue weighted by molar-refractivity contribution is 6.40. The first-order valence-corrected chi connectivity index (χ1v) is 8.34. The third-order valence-corrected chi connectivity index (χ3v) is 3.76. The minimum atomic E-state index is -1.41. The predicted molar refractivity (Wildman–Crippen MR) is 91.9 cm³/mol. The number of hydrogen-bond donors (Lipinski definition) is 6. The van der Waals surface area contributed by atoms with Crippen LogP contribution in [-0.2, 0) is 9.59 Å². The average Bonchev–Trinajstić information content (AvgIpc) is 2.50. The summed E-state index contributed by atoms with van der Waals surface area (Å²) in [5.74, 6) is -1.51. The lowest BCUT2D eigenvalue weighted by molar-refractivity contribution is -0.140. The first-order valence-electron chi connectivity index (χ1n) is 8.34. The Hall–Kier alpha value is -1.20.